The number of aryl methyl sites for hydroxylation is 1. The lowest BCUT2D eigenvalue weighted by atomic mass is 9.89. The van der Waals surface area contributed by atoms with Crippen LogP contribution in [0.15, 0.2) is 36.4 Å². The van der Waals surface area contributed by atoms with Crippen molar-refractivity contribution in [2.24, 2.45) is 0 Å². The van der Waals surface area contributed by atoms with Crippen LogP contribution in [0.4, 0.5) is 8.78 Å². The number of halogens is 2. The Bertz CT molecular complexity index is 769. The molecule has 0 heterocycles. The molecule has 0 radical (unpaired) electrons. The molecular weight excluding hydrogens is 318 g/mol. The van der Waals surface area contributed by atoms with Gasteiger partial charge in [-0.3, -0.25) is 9.59 Å². The van der Waals surface area contributed by atoms with Crippen molar-refractivity contribution in [3.8, 4) is 5.75 Å². The van der Waals surface area contributed by atoms with E-state index in [0.717, 1.165) is 19.2 Å². The zero-order valence-electron chi connectivity index (χ0n) is 13.4. The summed E-state index contributed by atoms with van der Waals surface area (Å²) >= 11 is 0. The molecule has 2 aromatic rings. The summed E-state index contributed by atoms with van der Waals surface area (Å²) in [6.07, 6.45) is 0. The van der Waals surface area contributed by atoms with Gasteiger partial charge in [-0.05, 0) is 36.2 Å². The first-order chi connectivity index (χ1) is 11.4. The van der Waals surface area contributed by atoms with Crippen LogP contribution in [-0.2, 0) is 9.53 Å². The van der Waals surface area contributed by atoms with Crippen molar-refractivity contribution in [3.63, 3.8) is 0 Å². The van der Waals surface area contributed by atoms with Crippen molar-refractivity contribution in [2.75, 3.05) is 14.2 Å². The monoisotopic (exact) mass is 334 g/mol. The third-order valence-corrected chi connectivity index (χ3v) is 3.67. The Morgan fingerprint density at radius 3 is 2.17 bits per heavy atom. The van der Waals surface area contributed by atoms with E-state index in [1.165, 1.54) is 38.3 Å². The van der Waals surface area contributed by atoms with Crippen molar-refractivity contribution in [1.82, 2.24) is 0 Å². The van der Waals surface area contributed by atoms with Gasteiger partial charge in [-0.2, -0.15) is 0 Å². The molecule has 0 amide bonds. The van der Waals surface area contributed by atoms with Crippen molar-refractivity contribution in [2.45, 2.75) is 12.8 Å². The van der Waals surface area contributed by atoms with Crippen molar-refractivity contribution in [3.05, 3.63) is 64.7 Å². The van der Waals surface area contributed by atoms with Crippen LogP contribution in [0.3, 0.4) is 0 Å². The molecule has 1 unspecified atom stereocenters. The first kappa shape index (κ1) is 17.6. The first-order valence-corrected chi connectivity index (χ1v) is 7.11. The van der Waals surface area contributed by atoms with Gasteiger partial charge in [0.1, 0.15) is 23.3 Å². The maximum absolute atomic E-state index is 14.5. The highest BCUT2D eigenvalue weighted by Gasteiger charge is 2.34. The summed E-state index contributed by atoms with van der Waals surface area (Å²) in [5.74, 6) is -4.37. The van der Waals surface area contributed by atoms with Crippen LogP contribution in [0.2, 0.25) is 0 Å². The van der Waals surface area contributed by atoms with E-state index in [1.807, 2.05) is 0 Å². The summed E-state index contributed by atoms with van der Waals surface area (Å²) in [6.45, 7) is 1.50. The topological polar surface area (TPSA) is 52.6 Å². The van der Waals surface area contributed by atoms with Gasteiger partial charge in [0, 0.05) is 0 Å². The van der Waals surface area contributed by atoms with Crippen molar-refractivity contribution >= 4 is 11.8 Å². The molecule has 2 rings (SSSR count). The third kappa shape index (κ3) is 3.27. The van der Waals surface area contributed by atoms with Crippen molar-refractivity contribution < 1.29 is 27.8 Å². The van der Waals surface area contributed by atoms with Crippen LogP contribution in [-0.4, -0.2) is 26.0 Å². The lowest BCUT2D eigenvalue weighted by molar-refractivity contribution is -0.141. The predicted molar refractivity (Wildman–Crippen MR) is 83.2 cm³/mol. The second kappa shape index (κ2) is 7.21. The zero-order valence-corrected chi connectivity index (χ0v) is 13.4. The van der Waals surface area contributed by atoms with Crippen LogP contribution < -0.4 is 4.74 Å². The first-order valence-electron chi connectivity index (χ1n) is 7.11. The number of carbonyl (C=O) groups is 2. The number of esters is 1. The highest BCUT2D eigenvalue weighted by molar-refractivity contribution is 6.14. The Kier molecular flexibility index (Phi) is 5.28. The molecule has 0 aliphatic rings. The summed E-state index contributed by atoms with van der Waals surface area (Å²) in [7, 11) is 2.42. The number of benzene rings is 2. The fourth-order valence-electron chi connectivity index (χ4n) is 2.37. The number of hydrogen-bond donors (Lipinski definition) is 0. The van der Waals surface area contributed by atoms with E-state index in [2.05, 4.69) is 4.74 Å². The molecule has 0 N–H and O–H groups in total. The number of ether oxygens (including phenoxy) is 2. The van der Waals surface area contributed by atoms with Gasteiger partial charge in [0.15, 0.2) is 5.78 Å². The molecule has 24 heavy (non-hydrogen) atoms. The molecule has 6 heteroatoms. The second-order valence-corrected chi connectivity index (χ2v) is 5.15. The fourth-order valence-corrected chi connectivity index (χ4v) is 2.37. The lowest BCUT2D eigenvalue weighted by Crippen LogP contribution is -2.25. The van der Waals surface area contributed by atoms with Gasteiger partial charge in [-0.15, -0.1) is 0 Å². The van der Waals surface area contributed by atoms with Crippen LogP contribution in [0, 0.1) is 18.6 Å². The molecule has 0 aliphatic heterocycles. The Labute approximate surface area is 138 Å². The summed E-state index contributed by atoms with van der Waals surface area (Å²) < 4.78 is 37.3. The standard InChI is InChI=1S/C18H16F2O4/c1-10-4-9-13(23-2)15(16(10)20)17(21)14(18(22)24-3)11-5-7-12(19)8-6-11/h4-9,14H,1-3H3. The molecule has 126 valence electrons. The second-order valence-electron chi connectivity index (χ2n) is 5.15. The number of methoxy groups -OCH3 is 2. The van der Waals surface area contributed by atoms with Crippen LogP contribution in [0.5, 0.6) is 5.75 Å². The Morgan fingerprint density at radius 1 is 1.00 bits per heavy atom. The highest BCUT2D eigenvalue weighted by Crippen LogP contribution is 2.31. The molecule has 0 fully saturated rings. The van der Waals surface area contributed by atoms with Crippen molar-refractivity contribution in [1.29, 1.82) is 0 Å². The Balaban J connectivity index is 2.60. The van der Waals surface area contributed by atoms with Crippen LogP contribution in [0.1, 0.15) is 27.4 Å². The van der Waals surface area contributed by atoms with E-state index in [4.69, 9.17) is 4.74 Å². The van der Waals surface area contributed by atoms with E-state index in [-0.39, 0.29) is 22.4 Å². The van der Waals surface area contributed by atoms with Gasteiger partial charge in [-0.25, -0.2) is 8.78 Å². The minimum atomic E-state index is -1.42. The van der Waals surface area contributed by atoms with Gasteiger partial charge < -0.3 is 9.47 Å². The minimum absolute atomic E-state index is 0.0131. The van der Waals surface area contributed by atoms with Gasteiger partial charge in [0.05, 0.1) is 19.8 Å². The smallest absolute Gasteiger partial charge is 0.321 e. The number of carbonyl (C=O) groups excluding carboxylic acids is 2. The quantitative estimate of drug-likeness (QED) is 0.478. The molecule has 1 atom stereocenters. The van der Waals surface area contributed by atoms with E-state index in [1.54, 1.807) is 0 Å². The van der Waals surface area contributed by atoms with E-state index < -0.39 is 29.3 Å². The molecule has 0 saturated carbocycles. The van der Waals surface area contributed by atoms with Gasteiger partial charge in [0.25, 0.3) is 0 Å². The lowest BCUT2D eigenvalue weighted by Gasteiger charge is -2.17. The number of hydrogen-bond acceptors (Lipinski definition) is 4. The van der Waals surface area contributed by atoms with Gasteiger partial charge >= 0.3 is 5.97 Å². The normalized spacial score (nSPS) is 11.7. The SMILES string of the molecule is COC(=O)C(C(=O)c1c(OC)ccc(C)c1F)c1ccc(F)cc1. The average molecular weight is 334 g/mol. The van der Waals surface area contributed by atoms with Crippen LogP contribution >= 0.6 is 0 Å². The molecule has 0 saturated heterocycles. The van der Waals surface area contributed by atoms with E-state index in [0.29, 0.717) is 0 Å². The number of ketones is 1. The maximum Gasteiger partial charge on any atom is 0.321 e. The Morgan fingerprint density at radius 2 is 1.62 bits per heavy atom. The summed E-state index contributed by atoms with van der Waals surface area (Å²) in [5.41, 5.74) is 0.107. The molecule has 0 bridgehead atoms. The van der Waals surface area contributed by atoms with Crippen LogP contribution in [0.25, 0.3) is 0 Å². The molecule has 0 spiro atoms. The summed E-state index contributed by atoms with van der Waals surface area (Å²) in [4.78, 5) is 25.0. The number of Topliss-reactive ketones (excluding diaryl/α,β-unsaturated/α-hetero) is 1. The summed E-state index contributed by atoms with van der Waals surface area (Å²) in [5, 5.41) is 0. The average Bonchev–Trinajstić information content (AvgIpc) is 2.58. The highest BCUT2D eigenvalue weighted by atomic mass is 19.1. The molecular formula is C18H16F2O4. The molecule has 4 nitrogen and oxygen atoms in total. The molecule has 0 aromatic heterocycles. The largest absolute Gasteiger partial charge is 0.496 e. The number of rotatable bonds is 5. The van der Waals surface area contributed by atoms with Gasteiger partial charge in [0.2, 0.25) is 0 Å². The fraction of sp³-hybridized carbons (Fsp3) is 0.222. The van der Waals surface area contributed by atoms with E-state index in [9.17, 15) is 18.4 Å². The Hall–Kier alpha value is -2.76. The molecule has 2 aromatic carbocycles. The molecule has 0 aliphatic carbocycles. The van der Waals surface area contributed by atoms with E-state index >= 15 is 0 Å². The van der Waals surface area contributed by atoms with Gasteiger partial charge in [-0.1, -0.05) is 18.2 Å². The maximum atomic E-state index is 14.5. The zero-order chi connectivity index (χ0) is 17.9. The summed E-state index contributed by atoms with van der Waals surface area (Å²) in [6, 6.07) is 7.72. The predicted octanol–water partition coefficient (Wildman–Crippen LogP) is 3.42. The minimum Gasteiger partial charge on any atom is -0.496 e. The third-order valence-electron chi connectivity index (χ3n) is 3.67.